The Hall–Kier alpha value is -1.56. The van der Waals surface area contributed by atoms with Gasteiger partial charge in [-0.2, -0.15) is 5.10 Å². The maximum Gasteiger partial charge on any atom is 0.322 e. The molecule has 1 aliphatic heterocycles. The summed E-state index contributed by atoms with van der Waals surface area (Å²) >= 11 is 0. The number of aliphatic hydroxyl groups is 1. The second kappa shape index (κ2) is 6.06. The summed E-state index contributed by atoms with van der Waals surface area (Å²) in [5, 5.41) is 16.3. The number of aromatic nitrogens is 2. The first-order valence-electron chi connectivity index (χ1n) is 6.81. The number of carbonyl (C=O) groups is 1. The van der Waals surface area contributed by atoms with E-state index in [4.69, 9.17) is 0 Å². The number of hydrogen-bond acceptors (Lipinski definition) is 3. The molecule has 0 spiro atoms. The number of likely N-dealkylation sites (tertiary alicyclic amines) is 1. The average Bonchev–Trinajstić information content (AvgIpc) is 2.96. The summed E-state index contributed by atoms with van der Waals surface area (Å²) in [6, 6.07) is -0.202. The molecule has 0 saturated carbocycles. The van der Waals surface area contributed by atoms with Crippen LogP contribution in [0.15, 0.2) is 12.4 Å². The molecule has 1 fully saturated rings. The van der Waals surface area contributed by atoms with Crippen molar-refractivity contribution in [2.75, 3.05) is 18.5 Å². The third kappa shape index (κ3) is 3.47. The monoisotopic (exact) mass is 266 g/mol. The van der Waals surface area contributed by atoms with E-state index in [1.165, 1.54) is 0 Å². The normalized spacial score (nSPS) is 19.2. The maximum atomic E-state index is 12.1. The zero-order chi connectivity index (χ0) is 13.8. The Kier molecular flexibility index (Phi) is 4.42. The van der Waals surface area contributed by atoms with Gasteiger partial charge in [0.05, 0.1) is 24.5 Å². The Morgan fingerprint density at radius 3 is 3.11 bits per heavy atom. The molecule has 2 heterocycles. The summed E-state index contributed by atoms with van der Waals surface area (Å²) in [6.07, 6.45) is 5.31. The summed E-state index contributed by atoms with van der Waals surface area (Å²) < 4.78 is 1.83. The van der Waals surface area contributed by atoms with Gasteiger partial charge in [-0.25, -0.2) is 4.79 Å². The number of urea groups is 1. The van der Waals surface area contributed by atoms with Gasteiger partial charge in [0.15, 0.2) is 0 Å². The molecule has 0 aromatic carbocycles. The summed E-state index contributed by atoms with van der Waals surface area (Å²) in [5.41, 5.74) is 0.703. The molecular weight excluding hydrogens is 244 g/mol. The summed E-state index contributed by atoms with van der Waals surface area (Å²) in [4.78, 5) is 13.8. The van der Waals surface area contributed by atoms with Crippen LogP contribution in [0.2, 0.25) is 0 Å². The van der Waals surface area contributed by atoms with E-state index in [0.717, 1.165) is 19.4 Å². The molecule has 2 amide bonds. The van der Waals surface area contributed by atoms with Gasteiger partial charge in [-0.1, -0.05) is 13.8 Å². The van der Waals surface area contributed by atoms with Crippen molar-refractivity contribution in [1.82, 2.24) is 14.7 Å². The minimum atomic E-state index is -0.152. The minimum Gasteiger partial charge on any atom is -0.394 e. The zero-order valence-electron chi connectivity index (χ0n) is 11.5. The van der Waals surface area contributed by atoms with Gasteiger partial charge >= 0.3 is 6.03 Å². The fraction of sp³-hybridized carbons (Fsp3) is 0.692. The molecule has 0 aliphatic carbocycles. The van der Waals surface area contributed by atoms with Gasteiger partial charge in [0, 0.05) is 19.3 Å². The van der Waals surface area contributed by atoms with E-state index in [1.54, 1.807) is 11.1 Å². The topological polar surface area (TPSA) is 70.4 Å². The van der Waals surface area contributed by atoms with Gasteiger partial charge in [0.2, 0.25) is 0 Å². The number of hydrogen-bond donors (Lipinski definition) is 2. The molecule has 2 rings (SSSR count). The largest absolute Gasteiger partial charge is 0.394 e. The van der Waals surface area contributed by atoms with Gasteiger partial charge in [0.25, 0.3) is 0 Å². The number of amides is 2. The zero-order valence-corrected chi connectivity index (χ0v) is 11.5. The van der Waals surface area contributed by atoms with Crippen LogP contribution in [0.25, 0.3) is 0 Å². The van der Waals surface area contributed by atoms with Crippen LogP contribution in [0.4, 0.5) is 10.5 Å². The molecule has 1 aromatic heterocycles. The first-order chi connectivity index (χ1) is 9.10. The molecule has 1 aliphatic rings. The fourth-order valence-electron chi connectivity index (χ4n) is 2.39. The van der Waals surface area contributed by atoms with E-state index in [2.05, 4.69) is 24.3 Å². The Morgan fingerprint density at radius 1 is 1.63 bits per heavy atom. The van der Waals surface area contributed by atoms with E-state index in [9.17, 15) is 9.90 Å². The van der Waals surface area contributed by atoms with Crippen LogP contribution in [0.5, 0.6) is 0 Å². The van der Waals surface area contributed by atoms with Crippen molar-refractivity contribution in [3.05, 3.63) is 12.4 Å². The Labute approximate surface area is 113 Å². The number of rotatable bonds is 4. The fourth-order valence-corrected chi connectivity index (χ4v) is 2.39. The van der Waals surface area contributed by atoms with Gasteiger partial charge in [-0.05, 0) is 18.8 Å². The van der Waals surface area contributed by atoms with Crippen LogP contribution in [-0.4, -0.2) is 45.0 Å². The summed E-state index contributed by atoms with van der Waals surface area (Å²) in [6.45, 7) is 5.81. The molecule has 0 bridgehead atoms. The van der Waals surface area contributed by atoms with Crippen LogP contribution in [0.1, 0.15) is 26.7 Å². The molecular formula is C13H22N4O2. The Balaban J connectivity index is 1.93. The standard InChI is InChI=1S/C13H22N4O2/c1-10(2)7-16-8-11(6-14-16)15-13(19)17-5-3-4-12(17)9-18/h6,8,10,12,18H,3-5,7,9H2,1-2H3,(H,15,19)/t12-/m0/s1. The third-order valence-corrected chi connectivity index (χ3v) is 3.29. The van der Waals surface area contributed by atoms with Crippen LogP contribution in [0.3, 0.4) is 0 Å². The molecule has 2 N–H and O–H groups in total. The predicted octanol–water partition coefficient (Wildman–Crippen LogP) is 1.53. The highest BCUT2D eigenvalue weighted by atomic mass is 16.3. The lowest BCUT2D eigenvalue weighted by Gasteiger charge is -2.22. The quantitative estimate of drug-likeness (QED) is 0.868. The van der Waals surface area contributed by atoms with E-state index in [-0.39, 0.29) is 18.7 Å². The highest BCUT2D eigenvalue weighted by molar-refractivity contribution is 5.89. The smallest absolute Gasteiger partial charge is 0.322 e. The Bertz CT molecular complexity index is 430. The lowest BCUT2D eigenvalue weighted by Crippen LogP contribution is -2.40. The number of anilines is 1. The van der Waals surface area contributed by atoms with Crippen molar-refractivity contribution >= 4 is 11.7 Å². The average molecular weight is 266 g/mol. The van der Waals surface area contributed by atoms with Crippen LogP contribution in [0, 0.1) is 5.92 Å². The van der Waals surface area contributed by atoms with Crippen molar-refractivity contribution < 1.29 is 9.90 Å². The number of nitrogens with zero attached hydrogens (tertiary/aromatic N) is 3. The van der Waals surface area contributed by atoms with Crippen molar-refractivity contribution in [3.8, 4) is 0 Å². The second-order valence-electron chi connectivity index (χ2n) is 5.45. The molecule has 0 unspecified atom stereocenters. The highest BCUT2D eigenvalue weighted by Gasteiger charge is 2.28. The lowest BCUT2D eigenvalue weighted by molar-refractivity contribution is 0.166. The SMILES string of the molecule is CC(C)Cn1cc(NC(=O)N2CCC[C@H]2CO)cn1. The highest BCUT2D eigenvalue weighted by Crippen LogP contribution is 2.18. The molecule has 6 nitrogen and oxygen atoms in total. The molecule has 1 atom stereocenters. The van der Waals surface area contributed by atoms with E-state index < -0.39 is 0 Å². The van der Waals surface area contributed by atoms with Crippen molar-refractivity contribution in [2.24, 2.45) is 5.92 Å². The summed E-state index contributed by atoms with van der Waals surface area (Å²) in [5.74, 6) is 0.515. The number of carbonyl (C=O) groups excluding carboxylic acids is 1. The first-order valence-corrected chi connectivity index (χ1v) is 6.81. The molecule has 19 heavy (non-hydrogen) atoms. The maximum absolute atomic E-state index is 12.1. The third-order valence-electron chi connectivity index (χ3n) is 3.29. The molecule has 1 aromatic rings. The van der Waals surface area contributed by atoms with E-state index >= 15 is 0 Å². The van der Waals surface area contributed by atoms with Crippen molar-refractivity contribution in [3.63, 3.8) is 0 Å². The molecule has 0 radical (unpaired) electrons. The molecule has 1 saturated heterocycles. The van der Waals surface area contributed by atoms with Gasteiger partial charge < -0.3 is 15.3 Å². The number of nitrogens with one attached hydrogen (secondary N) is 1. The lowest BCUT2D eigenvalue weighted by atomic mass is 10.2. The predicted molar refractivity (Wildman–Crippen MR) is 72.9 cm³/mol. The second-order valence-corrected chi connectivity index (χ2v) is 5.45. The van der Waals surface area contributed by atoms with Crippen molar-refractivity contribution in [1.29, 1.82) is 0 Å². The van der Waals surface area contributed by atoms with E-state index in [0.29, 0.717) is 18.2 Å². The van der Waals surface area contributed by atoms with E-state index in [1.807, 2.05) is 10.9 Å². The van der Waals surface area contributed by atoms with Crippen molar-refractivity contribution in [2.45, 2.75) is 39.3 Å². The van der Waals surface area contributed by atoms with Gasteiger partial charge in [0.1, 0.15) is 0 Å². The van der Waals surface area contributed by atoms with Gasteiger partial charge in [-0.15, -0.1) is 0 Å². The summed E-state index contributed by atoms with van der Waals surface area (Å²) in [7, 11) is 0. The molecule has 106 valence electrons. The van der Waals surface area contributed by atoms with Crippen LogP contribution >= 0.6 is 0 Å². The van der Waals surface area contributed by atoms with Crippen LogP contribution in [-0.2, 0) is 6.54 Å². The number of aliphatic hydroxyl groups excluding tert-OH is 1. The minimum absolute atomic E-state index is 0.0278. The molecule has 6 heteroatoms. The first kappa shape index (κ1) is 13.9. The Morgan fingerprint density at radius 2 is 2.42 bits per heavy atom. The van der Waals surface area contributed by atoms with Gasteiger partial charge in [-0.3, -0.25) is 4.68 Å². The van der Waals surface area contributed by atoms with Crippen LogP contribution < -0.4 is 5.32 Å².